The Bertz CT molecular complexity index is 322. The zero-order valence-electron chi connectivity index (χ0n) is 7.15. The molecule has 76 valence electrons. The molecule has 0 aromatic carbocycles. The first-order chi connectivity index (χ1) is 5.76. The van der Waals surface area contributed by atoms with Crippen molar-refractivity contribution in [1.29, 1.82) is 0 Å². The lowest BCUT2D eigenvalue weighted by Gasteiger charge is -2.24. The van der Waals surface area contributed by atoms with E-state index in [1.54, 1.807) is 0 Å². The summed E-state index contributed by atoms with van der Waals surface area (Å²) in [5.41, 5.74) is -1.45. The molecule has 0 radical (unpaired) electrons. The van der Waals surface area contributed by atoms with Crippen molar-refractivity contribution in [1.82, 2.24) is 4.72 Å². The summed E-state index contributed by atoms with van der Waals surface area (Å²) in [6.07, 6.45) is 1.43. The largest absolute Gasteiger partial charge is 0.480 e. The molecule has 0 saturated heterocycles. The average molecular weight is 208 g/mol. The molecule has 4 N–H and O–H groups in total. The molecule has 13 heavy (non-hydrogen) atoms. The van der Waals surface area contributed by atoms with Crippen molar-refractivity contribution in [2.24, 2.45) is 11.1 Å². The van der Waals surface area contributed by atoms with Crippen molar-refractivity contribution in [2.45, 2.75) is 25.3 Å². The number of hydrogen-bond acceptors (Lipinski definition) is 3. The van der Waals surface area contributed by atoms with E-state index >= 15 is 0 Å². The summed E-state index contributed by atoms with van der Waals surface area (Å²) in [4.78, 5) is 10.8. The smallest absolute Gasteiger partial charge is 0.324 e. The summed E-state index contributed by atoms with van der Waals surface area (Å²) in [6.45, 7) is 1.33. The van der Waals surface area contributed by atoms with Crippen LogP contribution in [0.4, 0.5) is 0 Å². The second-order valence-corrected chi connectivity index (χ2v) is 4.72. The molecular weight excluding hydrogens is 196 g/mol. The molecular formula is C6H12N2O4S. The predicted molar refractivity (Wildman–Crippen MR) is 45.0 cm³/mol. The van der Waals surface area contributed by atoms with Crippen LogP contribution >= 0.6 is 0 Å². The Labute approximate surface area is 76.3 Å². The number of carboxylic acid groups (broad SMARTS) is 1. The van der Waals surface area contributed by atoms with E-state index in [1.165, 1.54) is 6.92 Å². The van der Waals surface area contributed by atoms with Crippen molar-refractivity contribution in [3.8, 4) is 0 Å². The average Bonchev–Trinajstić information content (AvgIpc) is 2.62. The summed E-state index contributed by atoms with van der Waals surface area (Å²) in [5, 5.41) is 13.5. The Balaban J connectivity index is 2.85. The Morgan fingerprint density at radius 1 is 1.62 bits per heavy atom. The Hall–Kier alpha value is -0.660. The number of aliphatic carboxylic acids is 1. The molecule has 0 amide bonds. The zero-order chi connectivity index (χ0) is 10.3. The number of nitrogens with one attached hydrogen (secondary N) is 1. The number of rotatable bonds is 4. The van der Waals surface area contributed by atoms with Gasteiger partial charge in [0.15, 0.2) is 0 Å². The van der Waals surface area contributed by atoms with E-state index in [1.807, 2.05) is 4.72 Å². The van der Waals surface area contributed by atoms with Crippen LogP contribution in [0.1, 0.15) is 19.8 Å². The van der Waals surface area contributed by atoms with Gasteiger partial charge in [0.25, 0.3) is 10.2 Å². The maximum absolute atomic E-state index is 10.8. The van der Waals surface area contributed by atoms with Gasteiger partial charge in [0.05, 0.1) is 0 Å². The molecule has 0 spiro atoms. The minimum absolute atomic E-state index is 0.150. The van der Waals surface area contributed by atoms with Crippen molar-refractivity contribution in [3.63, 3.8) is 0 Å². The van der Waals surface area contributed by atoms with Gasteiger partial charge in [-0.3, -0.25) is 4.79 Å². The maximum atomic E-state index is 10.8. The summed E-state index contributed by atoms with van der Waals surface area (Å²) < 4.78 is 23.3. The Morgan fingerprint density at radius 2 is 2.08 bits per heavy atom. The Kier molecular flexibility index (Phi) is 2.35. The lowest BCUT2D eigenvalue weighted by molar-refractivity contribution is -0.144. The van der Waals surface area contributed by atoms with Crippen LogP contribution in [-0.2, 0) is 15.0 Å². The second kappa shape index (κ2) is 2.93. The van der Waals surface area contributed by atoms with Gasteiger partial charge >= 0.3 is 5.97 Å². The normalized spacial score (nSPS) is 22.3. The minimum Gasteiger partial charge on any atom is -0.480 e. The minimum atomic E-state index is -3.96. The second-order valence-electron chi connectivity index (χ2n) is 3.43. The molecule has 0 heterocycles. The van der Waals surface area contributed by atoms with Gasteiger partial charge in [-0.25, -0.2) is 5.14 Å². The van der Waals surface area contributed by atoms with E-state index in [9.17, 15) is 13.2 Å². The standard InChI is InChI=1S/C6H12N2O4S/c1-6(5(9)10,4-2-3-4)8-13(7,11)12/h4,8H,2-3H2,1H3,(H,9,10)(H2,7,11,12). The van der Waals surface area contributed by atoms with E-state index in [-0.39, 0.29) is 5.92 Å². The third kappa shape index (κ3) is 2.39. The molecule has 1 unspecified atom stereocenters. The van der Waals surface area contributed by atoms with Gasteiger partial charge in [0, 0.05) is 0 Å². The summed E-state index contributed by atoms with van der Waals surface area (Å²) >= 11 is 0. The predicted octanol–water partition coefficient (Wildman–Crippen LogP) is -0.967. The van der Waals surface area contributed by atoms with Gasteiger partial charge in [-0.1, -0.05) is 0 Å². The topological polar surface area (TPSA) is 109 Å². The van der Waals surface area contributed by atoms with Crippen molar-refractivity contribution >= 4 is 16.2 Å². The lowest BCUT2D eigenvalue weighted by Crippen LogP contribution is -2.55. The molecule has 0 aromatic heterocycles. The van der Waals surface area contributed by atoms with Crippen LogP contribution in [0.2, 0.25) is 0 Å². The molecule has 1 atom stereocenters. The molecule has 1 aliphatic rings. The molecule has 6 nitrogen and oxygen atoms in total. The van der Waals surface area contributed by atoms with Crippen LogP contribution in [0, 0.1) is 5.92 Å². The van der Waals surface area contributed by atoms with Crippen molar-refractivity contribution < 1.29 is 18.3 Å². The van der Waals surface area contributed by atoms with Gasteiger partial charge in [0.1, 0.15) is 5.54 Å². The van der Waals surface area contributed by atoms with Crippen molar-refractivity contribution in [3.05, 3.63) is 0 Å². The fourth-order valence-electron chi connectivity index (χ4n) is 1.26. The molecule has 0 bridgehead atoms. The van der Waals surface area contributed by atoms with Crippen LogP contribution in [-0.4, -0.2) is 25.0 Å². The molecule has 1 aliphatic carbocycles. The molecule has 7 heteroatoms. The molecule has 1 fully saturated rings. The first-order valence-corrected chi connectivity index (χ1v) is 5.35. The highest BCUT2D eigenvalue weighted by Gasteiger charge is 2.49. The monoisotopic (exact) mass is 208 g/mol. The SMILES string of the molecule is CC(NS(N)(=O)=O)(C(=O)O)C1CC1. The van der Waals surface area contributed by atoms with Crippen LogP contribution in [0.5, 0.6) is 0 Å². The number of carbonyl (C=O) groups is 1. The van der Waals surface area contributed by atoms with E-state index in [0.29, 0.717) is 12.8 Å². The highest BCUT2D eigenvalue weighted by Crippen LogP contribution is 2.39. The first-order valence-electron chi connectivity index (χ1n) is 3.81. The van der Waals surface area contributed by atoms with Gasteiger partial charge in [-0.15, -0.1) is 0 Å². The van der Waals surface area contributed by atoms with E-state index in [0.717, 1.165) is 0 Å². The Morgan fingerprint density at radius 3 is 2.31 bits per heavy atom. The lowest BCUT2D eigenvalue weighted by atomic mass is 9.98. The third-order valence-corrected chi connectivity index (χ3v) is 2.90. The summed E-state index contributed by atoms with van der Waals surface area (Å²) in [5.74, 6) is -1.34. The van der Waals surface area contributed by atoms with E-state index in [4.69, 9.17) is 10.2 Å². The van der Waals surface area contributed by atoms with Gasteiger partial charge in [0.2, 0.25) is 0 Å². The van der Waals surface area contributed by atoms with E-state index < -0.39 is 21.7 Å². The third-order valence-electron chi connectivity index (χ3n) is 2.19. The van der Waals surface area contributed by atoms with E-state index in [2.05, 4.69) is 0 Å². The zero-order valence-corrected chi connectivity index (χ0v) is 7.97. The fraction of sp³-hybridized carbons (Fsp3) is 0.833. The van der Waals surface area contributed by atoms with Gasteiger partial charge in [-0.05, 0) is 25.7 Å². The number of carboxylic acids is 1. The fourth-order valence-corrected chi connectivity index (χ4v) is 2.10. The van der Waals surface area contributed by atoms with Crippen LogP contribution in [0.15, 0.2) is 0 Å². The number of hydrogen-bond donors (Lipinski definition) is 3. The highest BCUT2D eigenvalue weighted by atomic mass is 32.2. The van der Waals surface area contributed by atoms with Gasteiger partial charge < -0.3 is 5.11 Å². The molecule has 1 saturated carbocycles. The van der Waals surface area contributed by atoms with Crippen LogP contribution in [0.25, 0.3) is 0 Å². The molecule has 0 aromatic rings. The molecule has 0 aliphatic heterocycles. The van der Waals surface area contributed by atoms with Crippen molar-refractivity contribution in [2.75, 3.05) is 0 Å². The highest BCUT2D eigenvalue weighted by molar-refractivity contribution is 7.87. The van der Waals surface area contributed by atoms with Crippen LogP contribution < -0.4 is 9.86 Å². The quantitative estimate of drug-likeness (QED) is 0.552. The molecule has 1 rings (SSSR count). The summed E-state index contributed by atoms with van der Waals surface area (Å²) in [6, 6.07) is 0. The van der Waals surface area contributed by atoms with Crippen LogP contribution in [0.3, 0.4) is 0 Å². The van der Waals surface area contributed by atoms with Gasteiger partial charge in [-0.2, -0.15) is 13.1 Å². The number of nitrogens with two attached hydrogens (primary N) is 1. The maximum Gasteiger partial charge on any atom is 0.324 e. The summed E-state index contributed by atoms with van der Waals surface area (Å²) in [7, 11) is -3.96. The first kappa shape index (κ1) is 10.4.